The zero-order chi connectivity index (χ0) is 11.8. The highest BCUT2D eigenvalue weighted by Gasteiger charge is 2.54. The molecule has 0 aliphatic carbocycles. The van der Waals surface area contributed by atoms with Crippen LogP contribution >= 0.6 is 0 Å². The highest BCUT2D eigenvalue weighted by molar-refractivity contribution is 5.83. The van der Waals surface area contributed by atoms with E-state index in [2.05, 4.69) is 0 Å². The van der Waals surface area contributed by atoms with Gasteiger partial charge in [-0.3, -0.25) is 4.79 Å². The third-order valence-corrected chi connectivity index (χ3v) is 2.48. The summed E-state index contributed by atoms with van der Waals surface area (Å²) in [4.78, 5) is 22.4. The highest BCUT2D eigenvalue weighted by atomic mass is 19.4. The molecule has 0 aromatic rings. The fourth-order valence-electron chi connectivity index (χ4n) is 1.79. The summed E-state index contributed by atoms with van der Waals surface area (Å²) < 4.78 is 37.2. The molecule has 1 aliphatic heterocycles. The molecule has 1 fully saturated rings. The number of aliphatic carboxylic acids is 1. The lowest BCUT2D eigenvalue weighted by Crippen LogP contribution is -2.46. The van der Waals surface area contributed by atoms with Crippen LogP contribution in [0.2, 0.25) is 0 Å². The van der Waals surface area contributed by atoms with Gasteiger partial charge in [0.05, 0.1) is 5.92 Å². The molecule has 0 aromatic heterocycles. The molecular weight excluding hydrogens is 215 g/mol. The first-order valence-corrected chi connectivity index (χ1v) is 4.32. The van der Waals surface area contributed by atoms with Crippen LogP contribution in [0.3, 0.4) is 0 Å². The Bertz CT molecular complexity index is 289. The minimum Gasteiger partial charge on any atom is -0.480 e. The standard InChI is InChI=1S/C8H10F3NO3/c1-4(13)12-3-2-5(8(9,10)11)6(12)7(14)15/h5-6H,2-3H2,1H3,(H,14,15)/t5-,6-/m0/s1. The second-order valence-corrected chi connectivity index (χ2v) is 3.43. The number of nitrogens with zero attached hydrogens (tertiary/aromatic N) is 1. The maximum absolute atomic E-state index is 12.4. The first-order valence-electron chi connectivity index (χ1n) is 4.32. The SMILES string of the molecule is CC(=O)N1CC[C@H](C(F)(F)F)[C@H]1C(=O)O. The predicted molar refractivity (Wildman–Crippen MR) is 43.0 cm³/mol. The Morgan fingerprint density at radius 3 is 2.27 bits per heavy atom. The van der Waals surface area contributed by atoms with Crippen molar-refractivity contribution in [2.45, 2.75) is 25.6 Å². The summed E-state index contributed by atoms with van der Waals surface area (Å²) in [6.07, 6.45) is -4.92. The van der Waals surface area contributed by atoms with Gasteiger partial charge >= 0.3 is 12.1 Å². The molecule has 1 amide bonds. The molecule has 1 rings (SSSR count). The van der Waals surface area contributed by atoms with Crippen molar-refractivity contribution in [3.63, 3.8) is 0 Å². The Labute approximate surface area is 83.7 Å². The number of rotatable bonds is 1. The normalized spacial score (nSPS) is 26.8. The van der Waals surface area contributed by atoms with E-state index in [9.17, 15) is 22.8 Å². The summed E-state index contributed by atoms with van der Waals surface area (Å²) in [6, 6.07) is -1.78. The lowest BCUT2D eigenvalue weighted by atomic mass is 10.00. The van der Waals surface area contributed by atoms with Crippen LogP contribution in [0.25, 0.3) is 0 Å². The Morgan fingerprint density at radius 2 is 1.93 bits per heavy atom. The van der Waals surface area contributed by atoms with Crippen molar-refractivity contribution in [2.75, 3.05) is 6.54 Å². The molecule has 0 saturated carbocycles. The summed E-state index contributed by atoms with van der Waals surface area (Å²) >= 11 is 0. The van der Waals surface area contributed by atoms with Gasteiger partial charge in [-0.1, -0.05) is 0 Å². The quantitative estimate of drug-likeness (QED) is 0.720. The maximum atomic E-state index is 12.4. The number of alkyl halides is 3. The van der Waals surface area contributed by atoms with Crippen LogP contribution in [-0.2, 0) is 9.59 Å². The number of carbonyl (C=O) groups is 2. The molecule has 7 heteroatoms. The number of amides is 1. The number of halogens is 3. The van der Waals surface area contributed by atoms with Crippen LogP contribution in [0.5, 0.6) is 0 Å². The molecule has 1 saturated heterocycles. The van der Waals surface area contributed by atoms with Crippen molar-refractivity contribution in [1.29, 1.82) is 0 Å². The minimum atomic E-state index is -4.58. The molecule has 4 nitrogen and oxygen atoms in total. The first kappa shape index (κ1) is 11.8. The lowest BCUT2D eigenvalue weighted by Gasteiger charge is -2.24. The predicted octanol–water partition coefficient (Wildman–Crippen LogP) is 0.870. The average Bonchev–Trinajstić information content (AvgIpc) is 2.45. The van der Waals surface area contributed by atoms with E-state index in [1.54, 1.807) is 0 Å². The Morgan fingerprint density at radius 1 is 1.40 bits per heavy atom. The smallest absolute Gasteiger partial charge is 0.394 e. The molecule has 1 N–H and O–H groups in total. The van der Waals surface area contributed by atoms with E-state index < -0.39 is 30.0 Å². The number of hydrogen-bond donors (Lipinski definition) is 1. The zero-order valence-electron chi connectivity index (χ0n) is 7.91. The molecule has 0 unspecified atom stereocenters. The maximum Gasteiger partial charge on any atom is 0.394 e. The molecule has 0 bridgehead atoms. The summed E-state index contributed by atoms with van der Waals surface area (Å²) in [5.41, 5.74) is 0. The van der Waals surface area contributed by atoms with Crippen molar-refractivity contribution in [3.8, 4) is 0 Å². The fourth-order valence-corrected chi connectivity index (χ4v) is 1.79. The average molecular weight is 225 g/mol. The third kappa shape index (κ3) is 2.21. The van der Waals surface area contributed by atoms with Gasteiger partial charge in [0.15, 0.2) is 0 Å². The topological polar surface area (TPSA) is 57.6 Å². The van der Waals surface area contributed by atoms with E-state index in [-0.39, 0.29) is 13.0 Å². The van der Waals surface area contributed by atoms with Crippen molar-refractivity contribution < 1.29 is 27.9 Å². The molecule has 1 heterocycles. The highest BCUT2D eigenvalue weighted by Crippen LogP contribution is 2.38. The Kier molecular flexibility index (Phi) is 2.92. The number of carboxylic acids is 1. The molecular formula is C8H10F3NO3. The first-order chi connectivity index (χ1) is 6.75. The van der Waals surface area contributed by atoms with E-state index in [1.165, 1.54) is 0 Å². The zero-order valence-corrected chi connectivity index (χ0v) is 7.91. The largest absolute Gasteiger partial charge is 0.480 e. The van der Waals surface area contributed by atoms with Crippen LogP contribution in [0, 0.1) is 5.92 Å². The van der Waals surface area contributed by atoms with Gasteiger partial charge in [0.2, 0.25) is 5.91 Å². The number of likely N-dealkylation sites (tertiary alicyclic amines) is 1. The molecule has 0 spiro atoms. The van der Waals surface area contributed by atoms with Gasteiger partial charge in [0, 0.05) is 13.5 Å². The van der Waals surface area contributed by atoms with E-state index in [1.807, 2.05) is 0 Å². The van der Waals surface area contributed by atoms with E-state index in [0.717, 1.165) is 11.8 Å². The minimum absolute atomic E-state index is 0.156. The number of carbonyl (C=O) groups excluding carboxylic acids is 1. The van der Waals surface area contributed by atoms with Gasteiger partial charge < -0.3 is 10.0 Å². The van der Waals surface area contributed by atoms with Gasteiger partial charge in [-0.05, 0) is 6.42 Å². The summed E-state index contributed by atoms with van der Waals surface area (Å²) in [7, 11) is 0. The van der Waals surface area contributed by atoms with Crippen molar-refractivity contribution in [1.82, 2.24) is 4.90 Å². The van der Waals surface area contributed by atoms with Crippen LogP contribution in [0.1, 0.15) is 13.3 Å². The summed E-state index contributed by atoms with van der Waals surface area (Å²) in [5, 5.41) is 8.67. The molecule has 86 valence electrons. The molecule has 0 radical (unpaired) electrons. The molecule has 0 aromatic carbocycles. The van der Waals surface area contributed by atoms with Gasteiger partial charge in [-0.25, -0.2) is 4.79 Å². The van der Waals surface area contributed by atoms with Gasteiger partial charge in [0.1, 0.15) is 6.04 Å². The molecule has 15 heavy (non-hydrogen) atoms. The van der Waals surface area contributed by atoms with Crippen LogP contribution in [0.4, 0.5) is 13.2 Å². The van der Waals surface area contributed by atoms with Gasteiger partial charge in [-0.2, -0.15) is 13.2 Å². The second kappa shape index (κ2) is 3.71. The van der Waals surface area contributed by atoms with Crippen molar-refractivity contribution in [3.05, 3.63) is 0 Å². The number of hydrogen-bond acceptors (Lipinski definition) is 2. The van der Waals surface area contributed by atoms with E-state index >= 15 is 0 Å². The third-order valence-electron chi connectivity index (χ3n) is 2.48. The van der Waals surface area contributed by atoms with Crippen molar-refractivity contribution >= 4 is 11.9 Å². The van der Waals surface area contributed by atoms with Crippen LogP contribution in [0.15, 0.2) is 0 Å². The van der Waals surface area contributed by atoms with Crippen LogP contribution in [-0.4, -0.2) is 40.6 Å². The van der Waals surface area contributed by atoms with E-state index in [0.29, 0.717) is 0 Å². The van der Waals surface area contributed by atoms with Gasteiger partial charge in [-0.15, -0.1) is 0 Å². The second-order valence-electron chi connectivity index (χ2n) is 3.43. The number of carboxylic acid groups (broad SMARTS) is 1. The van der Waals surface area contributed by atoms with Crippen LogP contribution < -0.4 is 0 Å². The Balaban J connectivity index is 2.95. The fraction of sp³-hybridized carbons (Fsp3) is 0.750. The Hall–Kier alpha value is -1.27. The summed E-state index contributed by atoms with van der Waals surface area (Å²) in [5.74, 6) is -4.21. The lowest BCUT2D eigenvalue weighted by molar-refractivity contribution is -0.189. The van der Waals surface area contributed by atoms with Gasteiger partial charge in [0.25, 0.3) is 0 Å². The monoisotopic (exact) mass is 225 g/mol. The molecule has 2 atom stereocenters. The summed E-state index contributed by atoms with van der Waals surface area (Å²) in [6.45, 7) is 0.908. The van der Waals surface area contributed by atoms with E-state index in [4.69, 9.17) is 5.11 Å². The molecule has 1 aliphatic rings. The van der Waals surface area contributed by atoms with Crippen molar-refractivity contribution in [2.24, 2.45) is 5.92 Å².